The van der Waals surface area contributed by atoms with Gasteiger partial charge in [0.1, 0.15) is 12.1 Å². The second-order valence-electron chi connectivity index (χ2n) is 8.67. The van der Waals surface area contributed by atoms with Gasteiger partial charge in [-0.05, 0) is 30.5 Å². The number of ether oxygens (including phenoxy) is 1. The van der Waals surface area contributed by atoms with Crippen LogP contribution < -0.4 is 5.32 Å². The van der Waals surface area contributed by atoms with E-state index >= 15 is 0 Å². The van der Waals surface area contributed by atoms with Crippen LogP contribution in [0.25, 0.3) is 0 Å². The third kappa shape index (κ3) is 4.43. The van der Waals surface area contributed by atoms with Crippen molar-refractivity contribution in [3.05, 3.63) is 35.4 Å². The minimum atomic E-state index is -0.670. The number of carbonyl (C=O) groups excluding carboxylic acids is 4. The Bertz CT molecular complexity index is 880. The van der Waals surface area contributed by atoms with Gasteiger partial charge < -0.3 is 19.9 Å². The molecule has 3 aliphatic rings. The van der Waals surface area contributed by atoms with Gasteiger partial charge >= 0.3 is 5.97 Å². The molecule has 4 rings (SSSR count). The number of nitrogens with zero attached hydrogens (tertiary/aromatic N) is 2. The molecule has 8 nitrogen and oxygen atoms in total. The van der Waals surface area contributed by atoms with Gasteiger partial charge in [0.05, 0.1) is 19.2 Å². The predicted molar refractivity (Wildman–Crippen MR) is 112 cm³/mol. The number of nitrogens with one attached hydrogen (secondary N) is 1. The number of esters is 1. The monoisotopic (exact) mass is 427 g/mol. The summed E-state index contributed by atoms with van der Waals surface area (Å²) < 4.78 is 4.72. The first-order chi connectivity index (χ1) is 15.0. The Morgan fingerprint density at radius 1 is 1.10 bits per heavy atom. The van der Waals surface area contributed by atoms with Crippen molar-refractivity contribution in [2.75, 3.05) is 26.7 Å². The smallest absolute Gasteiger partial charge is 0.337 e. The Hall–Kier alpha value is -2.90. The van der Waals surface area contributed by atoms with Gasteiger partial charge in [0.25, 0.3) is 5.91 Å². The fourth-order valence-corrected chi connectivity index (χ4v) is 4.98. The summed E-state index contributed by atoms with van der Waals surface area (Å²) in [5.74, 6) is -0.517. The first kappa shape index (κ1) is 21.3. The van der Waals surface area contributed by atoms with Crippen molar-refractivity contribution < 1.29 is 23.9 Å². The first-order valence-corrected chi connectivity index (χ1v) is 11.1. The van der Waals surface area contributed by atoms with Gasteiger partial charge in [-0.15, -0.1) is 0 Å². The van der Waals surface area contributed by atoms with Crippen molar-refractivity contribution >= 4 is 23.7 Å². The molecule has 1 N–H and O–H groups in total. The van der Waals surface area contributed by atoms with Gasteiger partial charge in [-0.1, -0.05) is 38.2 Å². The highest BCUT2D eigenvalue weighted by Gasteiger charge is 2.44. The van der Waals surface area contributed by atoms with Gasteiger partial charge in [0, 0.05) is 18.7 Å². The van der Waals surface area contributed by atoms with E-state index in [-0.39, 0.29) is 24.3 Å². The summed E-state index contributed by atoms with van der Waals surface area (Å²) in [6.45, 7) is 0.836. The van der Waals surface area contributed by atoms with Crippen LogP contribution in [0.5, 0.6) is 0 Å². The molecule has 1 saturated carbocycles. The van der Waals surface area contributed by atoms with Crippen molar-refractivity contribution in [2.24, 2.45) is 5.92 Å². The number of carbonyl (C=O) groups is 4. The first-order valence-electron chi connectivity index (χ1n) is 11.1. The number of rotatable bonds is 4. The molecule has 0 radical (unpaired) electrons. The lowest BCUT2D eigenvalue weighted by atomic mass is 9.84. The summed E-state index contributed by atoms with van der Waals surface area (Å²) >= 11 is 0. The molecule has 8 heteroatoms. The van der Waals surface area contributed by atoms with Crippen molar-refractivity contribution in [2.45, 2.75) is 50.6 Å². The summed E-state index contributed by atoms with van der Waals surface area (Å²) in [5, 5.41) is 2.91. The van der Waals surface area contributed by atoms with Crippen LogP contribution in [0, 0.1) is 5.92 Å². The van der Waals surface area contributed by atoms with Crippen LogP contribution >= 0.6 is 0 Å². The summed E-state index contributed by atoms with van der Waals surface area (Å²) in [6, 6.07) is 5.21. The highest BCUT2D eigenvalue weighted by atomic mass is 16.5. The minimum Gasteiger partial charge on any atom is -0.465 e. The van der Waals surface area contributed by atoms with Gasteiger partial charge in [-0.25, -0.2) is 4.79 Å². The van der Waals surface area contributed by atoms with Crippen LogP contribution in [-0.4, -0.2) is 72.3 Å². The van der Waals surface area contributed by atoms with Gasteiger partial charge in [-0.2, -0.15) is 0 Å². The SMILES string of the molecule is COC(=O)c1cccc(C(=O)N2CCN3C(=O)C(CC4CCCCC4)NC(=O)C3C2)c1. The van der Waals surface area contributed by atoms with Crippen molar-refractivity contribution in [1.82, 2.24) is 15.1 Å². The number of piperazine rings is 2. The van der Waals surface area contributed by atoms with E-state index in [0.29, 0.717) is 36.6 Å². The number of amides is 3. The largest absolute Gasteiger partial charge is 0.465 e. The van der Waals surface area contributed by atoms with E-state index < -0.39 is 18.1 Å². The van der Waals surface area contributed by atoms with Crippen LogP contribution in [0.1, 0.15) is 59.2 Å². The standard InChI is InChI=1S/C23H29N3O5/c1-31-23(30)17-9-5-8-16(13-17)21(28)25-10-11-26-19(14-25)20(27)24-18(22(26)29)12-15-6-3-2-4-7-15/h5,8-9,13,15,18-19H,2-4,6-7,10-12,14H2,1H3,(H,24,27). The molecule has 0 spiro atoms. The molecular weight excluding hydrogens is 398 g/mol. The number of methoxy groups -OCH3 is 1. The zero-order chi connectivity index (χ0) is 22.0. The second-order valence-corrected chi connectivity index (χ2v) is 8.67. The summed E-state index contributed by atoms with van der Waals surface area (Å²) in [7, 11) is 1.29. The molecule has 2 unspecified atom stereocenters. The molecule has 0 bridgehead atoms. The Labute approximate surface area is 181 Å². The summed E-state index contributed by atoms with van der Waals surface area (Å²) in [4.78, 5) is 53.8. The van der Waals surface area contributed by atoms with E-state index in [2.05, 4.69) is 5.32 Å². The zero-order valence-corrected chi connectivity index (χ0v) is 17.8. The van der Waals surface area contributed by atoms with E-state index in [9.17, 15) is 19.2 Å². The van der Waals surface area contributed by atoms with Crippen LogP contribution in [0.3, 0.4) is 0 Å². The lowest BCUT2D eigenvalue weighted by Gasteiger charge is -2.45. The summed E-state index contributed by atoms with van der Waals surface area (Å²) in [6.07, 6.45) is 6.59. The van der Waals surface area contributed by atoms with Crippen molar-refractivity contribution in [3.63, 3.8) is 0 Å². The van der Waals surface area contributed by atoms with E-state index in [0.717, 1.165) is 12.8 Å². The van der Waals surface area contributed by atoms with Crippen LogP contribution in [0.4, 0.5) is 0 Å². The zero-order valence-electron chi connectivity index (χ0n) is 17.8. The van der Waals surface area contributed by atoms with E-state index in [1.54, 1.807) is 28.0 Å². The second kappa shape index (κ2) is 9.08. The van der Waals surface area contributed by atoms with E-state index in [4.69, 9.17) is 4.74 Å². The van der Waals surface area contributed by atoms with Crippen LogP contribution in [0.15, 0.2) is 24.3 Å². The van der Waals surface area contributed by atoms with Gasteiger partial charge in [0.2, 0.25) is 11.8 Å². The quantitative estimate of drug-likeness (QED) is 0.737. The Balaban J connectivity index is 1.42. The normalized spacial score (nSPS) is 24.4. The number of hydrogen-bond donors (Lipinski definition) is 1. The maximum Gasteiger partial charge on any atom is 0.337 e. The fourth-order valence-electron chi connectivity index (χ4n) is 4.98. The van der Waals surface area contributed by atoms with Crippen molar-refractivity contribution in [1.29, 1.82) is 0 Å². The molecule has 3 amide bonds. The number of hydrogen-bond acceptors (Lipinski definition) is 5. The Kier molecular flexibility index (Phi) is 6.25. The molecule has 1 aromatic carbocycles. The lowest BCUT2D eigenvalue weighted by molar-refractivity contribution is -0.152. The molecular formula is C23H29N3O5. The molecule has 31 heavy (non-hydrogen) atoms. The topological polar surface area (TPSA) is 96.0 Å². The Morgan fingerprint density at radius 2 is 1.84 bits per heavy atom. The molecule has 2 heterocycles. The average molecular weight is 428 g/mol. The average Bonchev–Trinajstić information content (AvgIpc) is 2.81. The van der Waals surface area contributed by atoms with Gasteiger partial charge in [-0.3, -0.25) is 14.4 Å². The molecule has 1 aliphatic carbocycles. The maximum atomic E-state index is 13.0. The van der Waals surface area contributed by atoms with Gasteiger partial charge in [0.15, 0.2) is 0 Å². The van der Waals surface area contributed by atoms with E-state index in [1.165, 1.54) is 32.4 Å². The molecule has 1 aromatic rings. The molecule has 2 atom stereocenters. The fraction of sp³-hybridized carbons (Fsp3) is 0.565. The predicted octanol–water partition coefficient (Wildman–Crippen LogP) is 1.59. The third-order valence-corrected chi connectivity index (χ3v) is 6.69. The van der Waals surface area contributed by atoms with E-state index in [1.807, 2.05) is 0 Å². The molecule has 3 fully saturated rings. The highest BCUT2D eigenvalue weighted by Crippen LogP contribution is 2.29. The number of fused-ring (bicyclic) bond motifs is 1. The molecule has 2 aliphatic heterocycles. The third-order valence-electron chi connectivity index (χ3n) is 6.69. The molecule has 2 saturated heterocycles. The molecule has 0 aromatic heterocycles. The summed E-state index contributed by atoms with van der Waals surface area (Å²) in [5.41, 5.74) is 0.650. The highest BCUT2D eigenvalue weighted by molar-refractivity contribution is 6.00. The maximum absolute atomic E-state index is 13.0. The van der Waals surface area contributed by atoms with Crippen LogP contribution in [0.2, 0.25) is 0 Å². The lowest BCUT2D eigenvalue weighted by Crippen LogP contribution is -2.69. The van der Waals surface area contributed by atoms with Crippen LogP contribution in [-0.2, 0) is 14.3 Å². The Morgan fingerprint density at radius 3 is 2.58 bits per heavy atom. The number of benzene rings is 1. The molecule has 166 valence electrons. The van der Waals surface area contributed by atoms with Crippen molar-refractivity contribution in [3.8, 4) is 0 Å². The minimum absolute atomic E-state index is 0.0324.